The zero-order chi connectivity index (χ0) is 17.3. The largest absolute Gasteiger partial charge is 0.263 e. The number of hydrogen-bond donors (Lipinski definition) is 1. The van der Waals surface area contributed by atoms with E-state index in [1.165, 1.54) is 12.1 Å². The average Bonchev–Trinajstić information content (AvgIpc) is 3.09. The number of H-pyrrole nitrogens is 1. The minimum atomic E-state index is -2.61. The van der Waals surface area contributed by atoms with Crippen molar-refractivity contribution in [2.75, 3.05) is 0 Å². The van der Waals surface area contributed by atoms with Gasteiger partial charge in [0.25, 0.3) is 6.43 Å². The lowest BCUT2D eigenvalue weighted by Gasteiger charge is -2.22. The van der Waals surface area contributed by atoms with E-state index in [9.17, 15) is 14.0 Å². The Hall–Kier alpha value is -2.81. The number of rotatable bonds is 4. The van der Waals surface area contributed by atoms with Crippen molar-refractivity contribution >= 4 is 11.0 Å². The number of nitrogens with one attached hydrogen (secondary N) is 1. The molecule has 2 heterocycles. The van der Waals surface area contributed by atoms with Gasteiger partial charge in [0.15, 0.2) is 5.65 Å². The Balaban J connectivity index is 2.27. The molecular weight excluding hydrogens is 310 g/mol. The van der Waals surface area contributed by atoms with Crippen LogP contribution >= 0.6 is 0 Å². The van der Waals surface area contributed by atoms with Gasteiger partial charge >= 0.3 is 0 Å². The van der Waals surface area contributed by atoms with Gasteiger partial charge in [0.05, 0.1) is 17.7 Å². The van der Waals surface area contributed by atoms with Crippen LogP contribution in [0.15, 0.2) is 36.7 Å². The molecule has 1 unspecified atom stereocenters. The van der Waals surface area contributed by atoms with E-state index in [1.54, 1.807) is 31.5 Å². The van der Waals surface area contributed by atoms with Crippen LogP contribution in [0.3, 0.4) is 0 Å². The highest BCUT2D eigenvalue weighted by Crippen LogP contribution is 2.36. The molecule has 0 saturated carbocycles. The Bertz CT molecular complexity index is 926. The number of pyridine rings is 1. The number of aromatic nitrogens is 3. The minimum Gasteiger partial charge on any atom is -0.261 e. The lowest BCUT2D eigenvalue weighted by molar-refractivity contribution is 0.151. The summed E-state index contributed by atoms with van der Waals surface area (Å²) in [7, 11) is 0. The lowest BCUT2D eigenvalue weighted by Crippen LogP contribution is -2.18. The summed E-state index contributed by atoms with van der Waals surface area (Å²) in [6, 6.07) is 8.70. The van der Waals surface area contributed by atoms with Gasteiger partial charge in [-0.25, -0.2) is 13.8 Å². The van der Waals surface area contributed by atoms with E-state index in [2.05, 4.69) is 21.3 Å². The van der Waals surface area contributed by atoms with Crippen molar-refractivity contribution < 1.29 is 8.78 Å². The number of benzene rings is 1. The predicted octanol–water partition coefficient (Wildman–Crippen LogP) is 4.75. The quantitative estimate of drug-likeness (QED) is 0.752. The van der Waals surface area contributed by atoms with Gasteiger partial charge in [-0.1, -0.05) is 6.92 Å². The van der Waals surface area contributed by atoms with Crippen molar-refractivity contribution in [3.63, 3.8) is 0 Å². The average molecular weight is 326 g/mol. The van der Waals surface area contributed by atoms with Crippen LogP contribution in [0.25, 0.3) is 22.2 Å². The maximum absolute atomic E-state index is 13.4. The first-order chi connectivity index (χ1) is 11.5. The van der Waals surface area contributed by atoms with Crippen LogP contribution in [0, 0.1) is 11.3 Å². The molecule has 0 spiro atoms. The number of fused-ring (bicyclic) bond motifs is 1. The summed E-state index contributed by atoms with van der Waals surface area (Å²) in [5.41, 5.74) is 1.66. The molecule has 0 fully saturated rings. The molecule has 1 atom stereocenters. The number of hydrogen-bond acceptors (Lipinski definition) is 3. The van der Waals surface area contributed by atoms with Gasteiger partial charge in [-0.3, -0.25) is 5.10 Å². The summed E-state index contributed by atoms with van der Waals surface area (Å²) >= 11 is 0. The Morgan fingerprint density at radius 3 is 2.79 bits per heavy atom. The van der Waals surface area contributed by atoms with Crippen molar-refractivity contribution in [2.24, 2.45) is 0 Å². The molecule has 0 aliphatic carbocycles. The SMILES string of the molecule is CCC(C)(C#N)c1cc(-c2ccnc3[nH]ncc23)cc(C(F)F)c1. The van der Waals surface area contributed by atoms with Gasteiger partial charge in [0.1, 0.15) is 0 Å². The highest BCUT2D eigenvalue weighted by molar-refractivity contribution is 5.92. The monoisotopic (exact) mass is 326 g/mol. The lowest BCUT2D eigenvalue weighted by atomic mass is 9.79. The molecule has 24 heavy (non-hydrogen) atoms. The summed E-state index contributed by atoms with van der Waals surface area (Å²) in [4.78, 5) is 4.17. The molecule has 6 heteroatoms. The summed E-state index contributed by atoms with van der Waals surface area (Å²) in [6.07, 6.45) is 1.15. The second-order valence-electron chi connectivity index (χ2n) is 5.93. The van der Waals surface area contributed by atoms with Crippen LogP contribution < -0.4 is 0 Å². The van der Waals surface area contributed by atoms with Crippen LogP contribution in [0.4, 0.5) is 8.78 Å². The van der Waals surface area contributed by atoms with E-state index in [0.29, 0.717) is 23.2 Å². The highest BCUT2D eigenvalue weighted by atomic mass is 19.3. The first kappa shape index (κ1) is 16.1. The van der Waals surface area contributed by atoms with E-state index < -0.39 is 11.8 Å². The Morgan fingerprint density at radius 1 is 1.33 bits per heavy atom. The van der Waals surface area contributed by atoms with Crippen molar-refractivity contribution in [2.45, 2.75) is 32.1 Å². The smallest absolute Gasteiger partial charge is 0.261 e. The molecule has 1 N–H and O–H groups in total. The maximum atomic E-state index is 13.4. The van der Waals surface area contributed by atoms with Crippen LogP contribution in [-0.4, -0.2) is 15.2 Å². The Kier molecular flexibility index (Phi) is 4.02. The number of nitrogens with zero attached hydrogens (tertiary/aromatic N) is 3. The predicted molar refractivity (Wildman–Crippen MR) is 87.5 cm³/mol. The van der Waals surface area contributed by atoms with E-state index in [4.69, 9.17) is 0 Å². The zero-order valence-electron chi connectivity index (χ0n) is 13.3. The van der Waals surface area contributed by atoms with Gasteiger partial charge < -0.3 is 0 Å². The van der Waals surface area contributed by atoms with E-state index >= 15 is 0 Å². The number of alkyl halides is 2. The van der Waals surface area contributed by atoms with Crippen LogP contribution in [0.5, 0.6) is 0 Å². The van der Waals surface area contributed by atoms with Crippen molar-refractivity contribution in [1.29, 1.82) is 5.26 Å². The summed E-state index contributed by atoms with van der Waals surface area (Å²) < 4.78 is 26.8. The molecule has 0 aliphatic rings. The number of halogens is 2. The topological polar surface area (TPSA) is 65.4 Å². The number of nitriles is 1. The van der Waals surface area contributed by atoms with E-state index in [-0.39, 0.29) is 5.56 Å². The fourth-order valence-electron chi connectivity index (χ4n) is 2.70. The van der Waals surface area contributed by atoms with E-state index in [1.807, 2.05) is 6.92 Å². The summed E-state index contributed by atoms with van der Waals surface area (Å²) in [6.45, 7) is 3.64. The normalized spacial score (nSPS) is 13.8. The van der Waals surface area contributed by atoms with E-state index in [0.717, 1.165) is 10.9 Å². The van der Waals surface area contributed by atoms with Crippen LogP contribution in [0.1, 0.15) is 37.8 Å². The van der Waals surface area contributed by atoms with Crippen molar-refractivity contribution in [1.82, 2.24) is 15.2 Å². The third-order valence-corrected chi connectivity index (χ3v) is 4.46. The molecule has 2 aromatic heterocycles. The Labute approximate surface area is 138 Å². The highest BCUT2D eigenvalue weighted by Gasteiger charge is 2.26. The molecule has 0 aliphatic heterocycles. The van der Waals surface area contributed by atoms with Crippen LogP contribution in [-0.2, 0) is 5.41 Å². The number of aromatic amines is 1. The summed E-state index contributed by atoms with van der Waals surface area (Å²) in [5, 5.41) is 17.0. The zero-order valence-corrected chi connectivity index (χ0v) is 13.3. The molecule has 4 nitrogen and oxygen atoms in total. The third kappa shape index (κ3) is 2.62. The van der Waals surface area contributed by atoms with Crippen molar-refractivity contribution in [3.8, 4) is 17.2 Å². The summed E-state index contributed by atoms with van der Waals surface area (Å²) in [5.74, 6) is 0. The first-order valence-electron chi connectivity index (χ1n) is 7.62. The molecule has 0 amide bonds. The van der Waals surface area contributed by atoms with Gasteiger partial charge in [-0.15, -0.1) is 0 Å². The third-order valence-electron chi connectivity index (χ3n) is 4.46. The first-order valence-corrected chi connectivity index (χ1v) is 7.62. The molecule has 0 saturated heterocycles. The van der Waals surface area contributed by atoms with Gasteiger partial charge in [-0.2, -0.15) is 10.4 Å². The van der Waals surface area contributed by atoms with Crippen LogP contribution in [0.2, 0.25) is 0 Å². The molecule has 122 valence electrons. The minimum absolute atomic E-state index is 0.0918. The Morgan fingerprint density at radius 2 is 2.12 bits per heavy atom. The second kappa shape index (κ2) is 6.00. The molecule has 3 aromatic rings. The fourth-order valence-corrected chi connectivity index (χ4v) is 2.70. The molecule has 3 rings (SSSR count). The van der Waals surface area contributed by atoms with Crippen molar-refractivity contribution in [3.05, 3.63) is 47.8 Å². The molecule has 1 aromatic carbocycles. The standard InChI is InChI=1S/C18H16F2N4/c1-3-18(2,10-21)13-7-11(6-12(8-13)16(19)20)14-4-5-22-17-15(14)9-23-24-17/h4-9,16H,3H2,1-2H3,(H,22,23,24). The molecular formula is C18H16F2N4. The van der Waals surface area contributed by atoms with Gasteiger partial charge in [-0.05, 0) is 54.3 Å². The second-order valence-corrected chi connectivity index (χ2v) is 5.93. The maximum Gasteiger partial charge on any atom is 0.263 e. The molecule has 0 radical (unpaired) electrons. The van der Waals surface area contributed by atoms with Gasteiger partial charge in [0, 0.05) is 17.1 Å². The van der Waals surface area contributed by atoms with Gasteiger partial charge in [0.2, 0.25) is 0 Å². The molecule has 0 bridgehead atoms. The fraction of sp³-hybridized carbons (Fsp3) is 0.278.